The second-order valence-electron chi connectivity index (χ2n) is 5.84. The molecule has 0 aliphatic rings. The lowest BCUT2D eigenvalue weighted by atomic mass is 10.0. The summed E-state index contributed by atoms with van der Waals surface area (Å²) in [5.74, 6) is -0.626. The molecule has 0 aliphatic carbocycles. The highest BCUT2D eigenvalue weighted by molar-refractivity contribution is 7.89. The second-order valence-corrected chi connectivity index (χ2v) is 7.07. The summed E-state index contributed by atoms with van der Waals surface area (Å²) >= 11 is 0. The first-order chi connectivity index (χ1) is 11.6. The number of carboxylic acid groups (broad SMARTS) is 1. The molecule has 2 rings (SSSR count). The predicted molar refractivity (Wildman–Crippen MR) is 93.3 cm³/mol. The van der Waals surface area contributed by atoms with Crippen LogP contribution >= 0.6 is 0 Å². The number of carbonyl (C=O) groups is 1. The lowest BCUT2D eigenvalue weighted by Crippen LogP contribution is -2.37. The minimum Gasteiger partial charge on any atom is -0.478 e. The third kappa shape index (κ3) is 5.42. The van der Waals surface area contributed by atoms with Crippen molar-refractivity contribution in [2.75, 3.05) is 0 Å². The third-order valence-corrected chi connectivity index (χ3v) is 3.87. The van der Waals surface area contributed by atoms with Crippen molar-refractivity contribution in [1.29, 1.82) is 0 Å². The van der Waals surface area contributed by atoms with E-state index in [4.69, 9.17) is 9.84 Å². The molecule has 0 saturated heterocycles. The Morgan fingerprint density at radius 2 is 1.52 bits per heavy atom. The first-order valence-corrected chi connectivity index (χ1v) is 8.77. The number of aliphatic carboxylic acids is 1. The summed E-state index contributed by atoms with van der Waals surface area (Å²) in [4.78, 5) is 11.1. The Kier molecular flexibility index (Phi) is 5.27. The van der Waals surface area contributed by atoms with Gasteiger partial charge in [-0.3, -0.25) is 0 Å². The van der Waals surface area contributed by atoms with Crippen LogP contribution in [0.25, 0.3) is 17.2 Å². The van der Waals surface area contributed by atoms with E-state index >= 15 is 0 Å². The van der Waals surface area contributed by atoms with Crippen molar-refractivity contribution in [1.82, 2.24) is 0 Å². The van der Waals surface area contributed by atoms with Gasteiger partial charge in [0.05, 0.1) is 5.41 Å². The maximum atomic E-state index is 12.5. The van der Waals surface area contributed by atoms with Crippen molar-refractivity contribution >= 4 is 22.3 Å². The molecule has 7 heteroatoms. The minimum atomic E-state index is -4.65. The standard InChI is InChI=1S/C18H17FO5S/c1-18(2,17(20)21)24-16-9-7-15(8-10-16)14-5-3-13(4-6-14)11-12-25(19,22)23/h3-12H,1-2H3,(H,20,21)/b12-11+. The van der Waals surface area contributed by atoms with E-state index in [0.717, 1.165) is 11.1 Å². The normalized spacial score (nSPS) is 12.3. The summed E-state index contributed by atoms with van der Waals surface area (Å²) in [6, 6.07) is 13.8. The molecule has 132 valence electrons. The largest absolute Gasteiger partial charge is 0.478 e. The molecule has 0 fully saturated rings. The molecule has 0 aliphatic heterocycles. The van der Waals surface area contributed by atoms with Crippen LogP contribution in [0.5, 0.6) is 5.75 Å². The third-order valence-electron chi connectivity index (χ3n) is 3.41. The van der Waals surface area contributed by atoms with Crippen LogP contribution in [0.2, 0.25) is 0 Å². The zero-order chi connectivity index (χ0) is 18.7. The number of rotatable bonds is 6. The van der Waals surface area contributed by atoms with Crippen LogP contribution in [-0.4, -0.2) is 25.1 Å². The molecule has 0 unspecified atom stereocenters. The van der Waals surface area contributed by atoms with Crippen molar-refractivity contribution in [3.63, 3.8) is 0 Å². The first kappa shape index (κ1) is 18.7. The Hall–Kier alpha value is -2.67. The maximum absolute atomic E-state index is 12.5. The van der Waals surface area contributed by atoms with Gasteiger partial charge in [0.1, 0.15) is 5.75 Å². The number of hydrogen-bond donors (Lipinski definition) is 1. The lowest BCUT2D eigenvalue weighted by molar-refractivity contribution is -0.152. The van der Waals surface area contributed by atoms with Crippen molar-refractivity contribution < 1.29 is 26.9 Å². The molecule has 0 aromatic heterocycles. The minimum absolute atomic E-state index is 0.434. The molecular formula is C18H17FO5S. The molecule has 0 bridgehead atoms. The van der Waals surface area contributed by atoms with Gasteiger partial charge in [-0.15, -0.1) is 3.89 Å². The SMILES string of the molecule is CC(C)(Oc1ccc(-c2ccc(/C=C/S(=O)(=O)F)cc2)cc1)C(=O)O. The fourth-order valence-electron chi connectivity index (χ4n) is 2.00. The maximum Gasteiger partial charge on any atom is 0.347 e. The summed E-state index contributed by atoms with van der Waals surface area (Å²) in [5, 5.41) is 9.56. The monoisotopic (exact) mass is 364 g/mol. The van der Waals surface area contributed by atoms with Crippen LogP contribution in [0.1, 0.15) is 19.4 Å². The van der Waals surface area contributed by atoms with Gasteiger partial charge in [0.25, 0.3) is 0 Å². The van der Waals surface area contributed by atoms with Crippen molar-refractivity contribution in [3.05, 3.63) is 59.5 Å². The molecule has 2 aromatic rings. The van der Waals surface area contributed by atoms with E-state index in [2.05, 4.69) is 0 Å². The Balaban J connectivity index is 2.15. The average molecular weight is 364 g/mol. The van der Waals surface area contributed by atoms with E-state index in [1.54, 1.807) is 48.5 Å². The predicted octanol–water partition coefficient (Wildman–Crippen LogP) is 3.87. The quantitative estimate of drug-likeness (QED) is 0.787. The van der Waals surface area contributed by atoms with Crippen molar-refractivity contribution in [3.8, 4) is 16.9 Å². The van der Waals surface area contributed by atoms with Crippen molar-refractivity contribution in [2.45, 2.75) is 19.4 Å². The van der Waals surface area contributed by atoms with E-state index in [1.165, 1.54) is 19.9 Å². The number of carboxylic acids is 1. The Bertz CT molecular complexity index is 882. The number of halogens is 1. The van der Waals surface area contributed by atoms with Crippen LogP contribution in [-0.2, 0) is 15.0 Å². The molecule has 0 spiro atoms. The van der Waals surface area contributed by atoms with Crippen LogP contribution in [0.15, 0.2) is 53.9 Å². The number of benzene rings is 2. The fourth-order valence-corrected chi connectivity index (χ4v) is 2.32. The Morgan fingerprint density at radius 3 is 1.96 bits per heavy atom. The van der Waals surface area contributed by atoms with Crippen molar-refractivity contribution in [2.24, 2.45) is 0 Å². The van der Waals surface area contributed by atoms with Gasteiger partial charge in [-0.05, 0) is 48.7 Å². The highest BCUT2D eigenvalue weighted by atomic mass is 32.3. The zero-order valence-corrected chi connectivity index (χ0v) is 14.5. The summed E-state index contributed by atoms with van der Waals surface area (Å²) in [6.07, 6.45) is 1.17. The number of ether oxygens (including phenoxy) is 1. The molecule has 0 atom stereocenters. The van der Waals surface area contributed by atoms with Gasteiger partial charge < -0.3 is 9.84 Å². The highest BCUT2D eigenvalue weighted by Crippen LogP contribution is 2.25. The van der Waals surface area contributed by atoms with Gasteiger partial charge in [0, 0.05) is 0 Å². The van der Waals surface area contributed by atoms with Gasteiger partial charge >= 0.3 is 16.2 Å². The summed E-state index contributed by atoms with van der Waals surface area (Å²) in [7, 11) is -4.65. The second kappa shape index (κ2) is 7.06. The van der Waals surface area contributed by atoms with E-state index < -0.39 is 21.8 Å². The van der Waals surface area contributed by atoms with Gasteiger partial charge in [-0.1, -0.05) is 36.4 Å². The molecule has 0 saturated carbocycles. The molecule has 2 aromatic carbocycles. The van der Waals surface area contributed by atoms with Gasteiger partial charge in [-0.25, -0.2) is 4.79 Å². The van der Waals surface area contributed by atoms with Crippen LogP contribution in [0.4, 0.5) is 3.89 Å². The summed E-state index contributed by atoms with van der Waals surface area (Å²) in [5.41, 5.74) is 0.957. The van der Waals surface area contributed by atoms with Gasteiger partial charge in [0.15, 0.2) is 5.60 Å². The summed E-state index contributed by atoms with van der Waals surface area (Å²) < 4.78 is 38.8. The van der Waals surface area contributed by atoms with Gasteiger partial charge in [-0.2, -0.15) is 8.42 Å². The van der Waals surface area contributed by atoms with Crippen LogP contribution < -0.4 is 4.74 Å². The highest BCUT2D eigenvalue weighted by Gasteiger charge is 2.29. The fraction of sp³-hybridized carbons (Fsp3) is 0.167. The van der Waals surface area contributed by atoms with E-state index in [-0.39, 0.29) is 0 Å². The van der Waals surface area contributed by atoms with E-state index in [0.29, 0.717) is 16.7 Å². The topological polar surface area (TPSA) is 80.7 Å². The van der Waals surface area contributed by atoms with E-state index in [9.17, 15) is 17.1 Å². The summed E-state index contributed by atoms with van der Waals surface area (Å²) in [6.45, 7) is 2.93. The number of hydrogen-bond acceptors (Lipinski definition) is 4. The molecule has 25 heavy (non-hydrogen) atoms. The zero-order valence-electron chi connectivity index (χ0n) is 13.6. The average Bonchev–Trinajstić information content (AvgIpc) is 2.53. The Labute approximate surface area is 145 Å². The van der Waals surface area contributed by atoms with Crippen LogP contribution in [0.3, 0.4) is 0 Å². The van der Waals surface area contributed by atoms with Gasteiger partial charge in [0.2, 0.25) is 0 Å². The van der Waals surface area contributed by atoms with E-state index in [1.807, 2.05) is 0 Å². The Morgan fingerprint density at radius 1 is 1.04 bits per heavy atom. The molecule has 0 amide bonds. The molecule has 0 heterocycles. The molecule has 5 nitrogen and oxygen atoms in total. The lowest BCUT2D eigenvalue weighted by Gasteiger charge is -2.21. The van der Waals surface area contributed by atoms with Crippen LogP contribution in [0, 0.1) is 0 Å². The smallest absolute Gasteiger partial charge is 0.347 e. The first-order valence-electron chi connectivity index (χ1n) is 7.32. The molecular weight excluding hydrogens is 347 g/mol. The molecule has 1 N–H and O–H groups in total. The molecule has 0 radical (unpaired) electrons.